The highest BCUT2D eigenvalue weighted by Gasteiger charge is 2.28. The maximum atomic E-state index is 13.8. The van der Waals surface area contributed by atoms with Gasteiger partial charge in [0.2, 0.25) is 5.95 Å². The Morgan fingerprint density at radius 3 is 2.36 bits per heavy atom. The Morgan fingerprint density at radius 2 is 1.73 bits per heavy atom. The Bertz CT molecular complexity index is 1300. The van der Waals surface area contributed by atoms with Gasteiger partial charge in [-0.05, 0) is 42.8 Å². The number of hydrogen-bond donors (Lipinski definition) is 1. The fraction of sp³-hybridized carbons (Fsp3) is 0.208. The van der Waals surface area contributed by atoms with Crippen molar-refractivity contribution in [2.45, 2.75) is 26.2 Å². The average molecular weight is 453 g/mol. The number of anilines is 2. The zero-order valence-electron chi connectivity index (χ0n) is 18.5. The molecule has 0 spiro atoms. The van der Waals surface area contributed by atoms with Crippen molar-refractivity contribution in [2.75, 3.05) is 12.4 Å². The number of ether oxygens (including phenoxy) is 1. The van der Waals surface area contributed by atoms with Gasteiger partial charge in [-0.2, -0.15) is 0 Å². The number of aromatic nitrogens is 4. The van der Waals surface area contributed by atoms with Gasteiger partial charge in [-0.1, -0.05) is 13.8 Å². The van der Waals surface area contributed by atoms with E-state index in [1.54, 1.807) is 45.6 Å². The summed E-state index contributed by atoms with van der Waals surface area (Å²) in [6.45, 7) is 5.39. The quantitative estimate of drug-likeness (QED) is 0.393. The molecule has 9 heteroatoms. The van der Waals surface area contributed by atoms with E-state index in [1.807, 2.05) is 29.8 Å². The average Bonchev–Trinajstić information content (AvgIpc) is 3.23. The van der Waals surface area contributed by atoms with Crippen LogP contribution < -0.4 is 10.1 Å². The summed E-state index contributed by atoms with van der Waals surface area (Å²) in [5.41, 5.74) is 2.23. The third kappa shape index (κ3) is 4.39. The summed E-state index contributed by atoms with van der Waals surface area (Å²) in [6.07, 6.45) is 5.14. The summed E-state index contributed by atoms with van der Waals surface area (Å²) < 4.78 is 48.4. The molecular formula is C24H22F3N5O. The van der Waals surface area contributed by atoms with Crippen LogP contribution in [0.1, 0.15) is 30.8 Å². The third-order valence-corrected chi connectivity index (χ3v) is 5.43. The Kier molecular flexibility index (Phi) is 5.80. The molecule has 0 atom stereocenters. The van der Waals surface area contributed by atoms with Crippen molar-refractivity contribution in [1.29, 1.82) is 0 Å². The smallest absolute Gasteiger partial charge is 0.227 e. The summed E-state index contributed by atoms with van der Waals surface area (Å²) in [6, 6.07) is 9.13. The summed E-state index contributed by atoms with van der Waals surface area (Å²) in [5, 5.41) is 3.12. The molecule has 0 fully saturated rings. The summed E-state index contributed by atoms with van der Waals surface area (Å²) in [7, 11) is 1.58. The fourth-order valence-corrected chi connectivity index (χ4v) is 3.48. The van der Waals surface area contributed by atoms with E-state index >= 15 is 0 Å². The number of nitrogens with zero attached hydrogens (tertiary/aromatic N) is 4. The maximum absolute atomic E-state index is 13.8. The van der Waals surface area contributed by atoms with Crippen LogP contribution >= 0.6 is 0 Å². The van der Waals surface area contributed by atoms with E-state index in [-0.39, 0.29) is 11.5 Å². The third-order valence-electron chi connectivity index (χ3n) is 5.43. The second-order valence-electron chi connectivity index (χ2n) is 8.08. The van der Waals surface area contributed by atoms with Crippen molar-refractivity contribution in [2.24, 2.45) is 0 Å². The lowest BCUT2D eigenvalue weighted by Crippen LogP contribution is -2.22. The Balaban J connectivity index is 1.63. The van der Waals surface area contributed by atoms with Crippen molar-refractivity contribution in [3.8, 4) is 11.4 Å². The highest BCUT2D eigenvalue weighted by atomic mass is 19.2. The first-order chi connectivity index (χ1) is 15.7. The second kappa shape index (κ2) is 8.57. The molecule has 33 heavy (non-hydrogen) atoms. The summed E-state index contributed by atoms with van der Waals surface area (Å²) in [4.78, 5) is 13.0. The molecule has 6 nitrogen and oxygen atoms in total. The molecule has 0 saturated carbocycles. The molecule has 1 N–H and O–H groups in total. The molecule has 0 saturated heterocycles. The standard InChI is InChI=1S/C24H22F3N5O/c1-14-12-32(13-29-14)19-6-5-16(11-20(19)33-4)30-23-28-8-7-21(31-23)24(2,3)15-9-17(25)22(27)18(26)10-15/h5-13H,1-4H3,(H,28,30,31). The van der Waals surface area contributed by atoms with Gasteiger partial charge >= 0.3 is 0 Å². The van der Waals surface area contributed by atoms with Crippen molar-refractivity contribution in [3.63, 3.8) is 0 Å². The van der Waals surface area contributed by atoms with Crippen LogP contribution in [0.15, 0.2) is 55.1 Å². The number of nitrogens with one attached hydrogen (secondary N) is 1. The normalized spacial score (nSPS) is 11.5. The van der Waals surface area contributed by atoms with Crippen LogP contribution in [0.25, 0.3) is 5.69 Å². The molecule has 0 radical (unpaired) electrons. The lowest BCUT2D eigenvalue weighted by molar-refractivity contribution is 0.413. The molecule has 0 unspecified atom stereocenters. The molecule has 0 bridgehead atoms. The van der Waals surface area contributed by atoms with Gasteiger partial charge in [-0.15, -0.1) is 0 Å². The SMILES string of the molecule is COc1cc(Nc2nccc(C(C)(C)c3cc(F)c(F)c(F)c3)n2)ccc1-n1cnc(C)c1. The van der Waals surface area contributed by atoms with Crippen LogP contribution in [-0.2, 0) is 5.41 Å². The molecule has 4 aromatic rings. The van der Waals surface area contributed by atoms with Crippen molar-refractivity contribution < 1.29 is 17.9 Å². The van der Waals surface area contributed by atoms with Crippen molar-refractivity contribution >= 4 is 11.6 Å². The molecule has 0 aliphatic carbocycles. The van der Waals surface area contributed by atoms with Gasteiger partial charge in [0, 0.05) is 29.6 Å². The minimum absolute atomic E-state index is 0.255. The highest BCUT2D eigenvalue weighted by Crippen LogP contribution is 2.33. The van der Waals surface area contributed by atoms with E-state index in [1.165, 1.54) is 0 Å². The number of aryl methyl sites for hydroxylation is 1. The van der Waals surface area contributed by atoms with E-state index in [9.17, 15) is 13.2 Å². The molecule has 2 aromatic carbocycles. The molecule has 2 heterocycles. The van der Waals surface area contributed by atoms with Gasteiger partial charge < -0.3 is 14.6 Å². The van der Waals surface area contributed by atoms with E-state index in [0.29, 0.717) is 17.1 Å². The van der Waals surface area contributed by atoms with Gasteiger partial charge in [-0.3, -0.25) is 0 Å². The second-order valence-corrected chi connectivity index (χ2v) is 8.08. The number of benzene rings is 2. The zero-order chi connectivity index (χ0) is 23.8. The first-order valence-corrected chi connectivity index (χ1v) is 10.1. The number of imidazole rings is 1. The Labute approximate surface area is 189 Å². The topological polar surface area (TPSA) is 64.9 Å². The monoisotopic (exact) mass is 453 g/mol. The van der Waals surface area contributed by atoms with Gasteiger partial charge in [-0.25, -0.2) is 28.1 Å². The molecular weight excluding hydrogens is 431 g/mol. The Morgan fingerprint density at radius 1 is 1.00 bits per heavy atom. The largest absolute Gasteiger partial charge is 0.494 e. The van der Waals surface area contributed by atoms with E-state index < -0.39 is 22.9 Å². The van der Waals surface area contributed by atoms with E-state index in [4.69, 9.17) is 4.74 Å². The molecule has 170 valence electrons. The number of rotatable bonds is 6. The molecule has 0 amide bonds. The van der Waals surface area contributed by atoms with Gasteiger partial charge in [0.15, 0.2) is 17.5 Å². The maximum Gasteiger partial charge on any atom is 0.227 e. The van der Waals surface area contributed by atoms with Crippen LogP contribution in [0.5, 0.6) is 5.75 Å². The zero-order valence-corrected chi connectivity index (χ0v) is 18.5. The van der Waals surface area contributed by atoms with Crippen LogP contribution in [0, 0.1) is 24.4 Å². The van der Waals surface area contributed by atoms with Crippen molar-refractivity contribution in [3.05, 3.63) is 89.5 Å². The van der Waals surface area contributed by atoms with Crippen LogP contribution in [0.4, 0.5) is 24.8 Å². The summed E-state index contributed by atoms with van der Waals surface area (Å²) >= 11 is 0. The van der Waals surface area contributed by atoms with Crippen LogP contribution in [-0.4, -0.2) is 26.6 Å². The minimum atomic E-state index is -1.50. The predicted octanol–water partition coefficient (Wildman–Crippen LogP) is 5.47. The van der Waals surface area contributed by atoms with Crippen LogP contribution in [0.2, 0.25) is 0 Å². The Hall–Kier alpha value is -3.88. The predicted molar refractivity (Wildman–Crippen MR) is 119 cm³/mol. The number of methoxy groups -OCH3 is 1. The minimum Gasteiger partial charge on any atom is -0.494 e. The molecule has 0 aliphatic rings. The van der Waals surface area contributed by atoms with Gasteiger partial charge in [0.05, 0.1) is 30.5 Å². The molecule has 2 aromatic heterocycles. The van der Waals surface area contributed by atoms with E-state index in [0.717, 1.165) is 23.5 Å². The molecule has 4 rings (SSSR count). The van der Waals surface area contributed by atoms with Crippen LogP contribution in [0.3, 0.4) is 0 Å². The lowest BCUT2D eigenvalue weighted by Gasteiger charge is -2.25. The molecule has 0 aliphatic heterocycles. The number of hydrogen-bond acceptors (Lipinski definition) is 5. The first-order valence-electron chi connectivity index (χ1n) is 10.1. The highest BCUT2D eigenvalue weighted by molar-refractivity contribution is 5.62. The van der Waals surface area contributed by atoms with Gasteiger partial charge in [0.1, 0.15) is 5.75 Å². The lowest BCUT2D eigenvalue weighted by atomic mass is 9.81. The fourth-order valence-electron chi connectivity index (χ4n) is 3.48. The van der Waals surface area contributed by atoms with Gasteiger partial charge in [0.25, 0.3) is 0 Å². The summed E-state index contributed by atoms with van der Waals surface area (Å²) in [5.74, 6) is -3.08. The van der Waals surface area contributed by atoms with E-state index in [2.05, 4.69) is 20.3 Å². The van der Waals surface area contributed by atoms with Crippen molar-refractivity contribution in [1.82, 2.24) is 19.5 Å². The first kappa shape index (κ1) is 22.3. The number of halogens is 3.